The standard InChI is InChI=1S/C25H30ClFN2O/c1-17(20-10-9-18-5-2-3-6-21(18)15-20)28-25(30)19-11-13-29(14-12-19)16-22-23(26)7-4-8-24(22)27/h4,7-10,15,17,19H,2-3,5-6,11-14,16H2,1H3,(H,28,30)/t17-/m1/s1. The van der Waals surface area contributed by atoms with Gasteiger partial charge in [-0.2, -0.15) is 0 Å². The van der Waals surface area contributed by atoms with Crippen LogP contribution in [0.3, 0.4) is 0 Å². The zero-order chi connectivity index (χ0) is 21.1. The van der Waals surface area contributed by atoms with E-state index in [-0.39, 0.29) is 23.7 Å². The summed E-state index contributed by atoms with van der Waals surface area (Å²) >= 11 is 6.16. The van der Waals surface area contributed by atoms with Crippen LogP contribution in [0.4, 0.5) is 4.39 Å². The van der Waals surface area contributed by atoms with Crippen molar-refractivity contribution in [2.24, 2.45) is 5.92 Å². The molecule has 1 fully saturated rings. The Bertz CT molecular complexity index is 888. The van der Waals surface area contributed by atoms with Crippen LogP contribution in [0.25, 0.3) is 0 Å². The van der Waals surface area contributed by atoms with E-state index in [1.807, 2.05) is 0 Å². The number of aryl methyl sites for hydroxylation is 2. The van der Waals surface area contributed by atoms with Crippen LogP contribution >= 0.6 is 11.6 Å². The van der Waals surface area contributed by atoms with Crippen LogP contribution in [0.15, 0.2) is 36.4 Å². The van der Waals surface area contributed by atoms with Crippen molar-refractivity contribution in [3.8, 4) is 0 Å². The van der Waals surface area contributed by atoms with Gasteiger partial charge in [0, 0.05) is 23.0 Å². The maximum Gasteiger partial charge on any atom is 0.223 e. The normalized spacial score (nSPS) is 18.6. The first-order valence-electron chi connectivity index (χ1n) is 11.1. The van der Waals surface area contributed by atoms with Gasteiger partial charge < -0.3 is 5.32 Å². The van der Waals surface area contributed by atoms with Crippen LogP contribution in [0.5, 0.6) is 0 Å². The molecule has 160 valence electrons. The molecule has 1 atom stereocenters. The Balaban J connectivity index is 1.30. The maximum atomic E-state index is 14.0. The summed E-state index contributed by atoms with van der Waals surface area (Å²) in [5.41, 5.74) is 4.64. The molecule has 2 aromatic carbocycles. The van der Waals surface area contributed by atoms with E-state index in [1.165, 1.54) is 42.0 Å². The van der Waals surface area contributed by atoms with Gasteiger partial charge in [0.25, 0.3) is 0 Å². The van der Waals surface area contributed by atoms with Crippen molar-refractivity contribution >= 4 is 17.5 Å². The smallest absolute Gasteiger partial charge is 0.223 e. The summed E-state index contributed by atoms with van der Waals surface area (Å²) in [5, 5.41) is 3.68. The summed E-state index contributed by atoms with van der Waals surface area (Å²) in [6, 6.07) is 11.5. The zero-order valence-electron chi connectivity index (χ0n) is 17.6. The molecular formula is C25H30ClFN2O. The molecule has 5 heteroatoms. The lowest BCUT2D eigenvalue weighted by atomic mass is 9.89. The third-order valence-corrected chi connectivity index (χ3v) is 6.99. The predicted molar refractivity (Wildman–Crippen MR) is 119 cm³/mol. The number of carbonyl (C=O) groups is 1. The van der Waals surface area contributed by atoms with Crippen molar-refractivity contribution in [1.82, 2.24) is 10.2 Å². The minimum atomic E-state index is -0.263. The number of hydrogen-bond acceptors (Lipinski definition) is 2. The van der Waals surface area contributed by atoms with E-state index in [4.69, 9.17) is 11.6 Å². The summed E-state index contributed by atoms with van der Waals surface area (Å²) in [5.74, 6) is -0.123. The van der Waals surface area contributed by atoms with Crippen LogP contribution < -0.4 is 5.32 Å². The van der Waals surface area contributed by atoms with E-state index in [2.05, 4.69) is 35.3 Å². The molecule has 1 saturated heterocycles. The van der Waals surface area contributed by atoms with Gasteiger partial charge >= 0.3 is 0 Å². The first-order chi connectivity index (χ1) is 14.5. The number of halogens is 2. The second kappa shape index (κ2) is 9.49. The maximum absolute atomic E-state index is 14.0. The lowest BCUT2D eigenvalue weighted by molar-refractivity contribution is -0.127. The molecule has 0 saturated carbocycles. The van der Waals surface area contributed by atoms with Crippen molar-refractivity contribution in [1.29, 1.82) is 0 Å². The Morgan fingerprint density at radius 2 is 1.90 bits per heavy atom. The summed E-state index contributed by atoms with van der Waals surface area (Å²) in [6.45, 7) is 4.11. The van der Waals surface area contributed by atoms with Crippen LogP contribution in [0.2, 0.25) is 5.02 Å². The topological polar surface area (TPSA) is 32.3 Å². The molecule has 1 amide bonds. The van der Waals surface area contributed by atoms with Gasteiger partial charge in [-0.05, 0) is 87.4 Å². The largest absolute Gasteiger partial charge is 0.349 e. The number of nitrogens with one attached hydrogen (secondary N) is 1. The molecule has 3 nitrogen and oxygen atoms in total. The fourth-order valence-electron chi connectivity index (χ4n) is 4.70. The number of amides is 1. The average molecular weight is 429 g/mol. The van der Waals surface area contributed by atoms with E-state index in [9.17, 15) is 9.18 Å². The molecular weight excluding hydrogens is 399 g/mol. The van der Waals surface area contributed by atoms with E-state index in [1.54, 1.807) is 12.1 Å². The number of nitrogens with zero attached hydrogens (tertiary/aromatic N) is 1. The number of carbonyl (C=O) groups excluding carboxylic acids is 1. The lowest BCUT2D eigenvalue weighted by Crippen LogP contribution is -2.41. The zero-order valence-corrected chi connectivity index (χ0v) is 18.4. The molecule has 4 rings (SSSR count). The highest BCUT2D eigenvalue weighted by Crippen LogP contribution is 2.27. The molecule has 1 aliphatic carbocycles. The average Bonchev–Trinajstić information content (AvgIpc) is 2.76. The molecule has 0 aromatic heterocycles. The summed E-state index contributed by atoms with van der Waals surface area (Å²) in [6.07, 6.45) is 6.43. The molecule has 1 heterocycles. The third kappa shape index (κ3) is 4.87. The number of hydrogen-bond donors (Lipinski definition) is 1. The van der Waals surface area contributed by atoms with Crippen LogP contribution in [0, 0.1) is 11.7 Å². The second-order valence-corrected chi connectivity index (χ2v) is 9.12. The quantitative estimate of drug-likeness (QED) is 0.687. The monoisotopic (exact) mass is 428 g/mol. The fraction of sp³-hybridized carbons (Fsp3) is 0.480. The van der Waals surface area contributed by atoms with Gasteiger partial charge in [0.05, 0.1) is 6.04 Å². The second-order valence-electron chi connectivity index (χ2n) is 8.72. The van der Waals surface area contributed by atoms with Crippen molar-refractivity contribution in [2.45, 2.75) is 58.0 Å². The molecule has 1 aliphatic heterocycles. The van der Waals surface area contributed by atoms with Gasteiger partial charge in [-0.1, -0.05) is 35.9 Å². The van der Waals surface area contributed by atoms with Gasteiger partial charge in [-0.3, -0.25) is 9.69 Å². The van der Waals surface area contributed by atoms with Crippen LogP contribution in [0.1, 0.15) is 60.9 Å². The highest BCUT2D eigenvalue weighted by molar-refractivity contribution is 6.31. The predicted octanol–water partition coefficient (Wildman–Crippen LogP) is 5.45. The van der Waals surface area contributed by atoms with Crippen molar-refractivity contribution < 1.29 is 9.18 Å². The lowest BCUT2D eigenvalue weighted by Gasteiger charge is -2.32. The van der Waals surface area contributed by atoms with Crippen molar-refractivity contribution in [3.05, 3.63) is 69.5 Å². The molecule has 0 spiro atoms. The van der Waals surface area contributed by atoms with Crippen LogP contribution in [-0.4, -0.2) is 23.9 Å². The van der Waals surface area contributed by atoms with Crippen molar-refractivity contribution in [3.63, 3.8) is 0 Å². The van der Waals surface area contributed by atoms with E-state index >= 15 is 0 Å². The highest BCUT2D eigenvalue weighted by Gasteiger charge is 2.27. The molecule has 2 aromatic rings. The summed E-state index contributed by atoms with van der Waals surface area (Å²) < 4.78 is 14.0. The number of likely N-dealkylation sites (tertiary alicyclic amines) is 1. The number of benzene rings is 2. The minimum absolute atomic E-state index is 0.0115. The third-order valence-electron chi connectivity index (χ3n) is 6.63. The van der Waals surface area contributed by atoms with Crippen molar-refractivity contribution in [2.75, 3.05) is 13.1 Å². The molecule has 0 bridgehead atoms. The Kier molecular flexibility index (Phi) is 6.74. The Labute approximate surface area is 183 Å². The minimum Gasteiger partial charge on any atom is -0.349 e. The summed E-state index contributed by atoms with van der Waals surface area (Å²) in [7, 11) is 0. The Morgan fingerprint density at radius 1 is 1.17 bits per heavy atom. The molecule has 0 unspecified atom stereocenters. The Morgan fingerprint density at radius 3 is 2.63 bits per heavy atom. The van der Waals surface area contributed by atoms with Gasteiger partial charge in [-0.25, -0.2) is 4.39 Å². The van der Waals surface area contributed by atoms with E-state index in [0.717, 1.165) is 32.4 Å². The van der Waals surface area contributed by atoms with Gasteiger partial charge in [0.1, 0.15) is 5.82 Å². The molecule has 2 aliphatic rings. The fourth-order valence-corrected chi connectivity index (χ4v) is 4.92. The molecule has 0 radical (unpaired) electrons. The first kappa shape index (κ1) is 21.3. The van der Waals surface area contributed by atoms with Gasteiger partial charge in [-0.15, -0.1) is 0 Å². The number of piperidine rings is 1. The van der Waals surface area contributed by atoms with Gasteiger partial charge in [0.2, 0.25) is 5.91 Å². The van der Waals surface area contributed by atoms with Gasteiger partial charge in [0.15, 0.2) is 0 Å². The number of fused-ring (bicyclic) bond motifs is 1. The van der Waals surface area contributed by atoms with Crippen LogP contribution in [-0.2, 0) is 24.2 Å². The van der Waals surface area contributed by atoms with E-state index in [0.29, 0.717) is 17.1 Å². The highest BCUT2D eigenvalue weighted by atomic mass is 35.5. The molecule has 30 heavy (non-hydrogen) atoms. The number of rotatable bonds is 5. The molecule has 1 N–H and O–H groups in total. The summed E-state index contributed by atoms with van der Waals surface area (Å²) in [4.78, 5) is 15.0. The van der Waals surface area contributed by atoms with E-state index < -0.39 is 0 Å². The first-order valence-corrected chi connectivity index (χ1v) is 11.5. The Hall–Kier alpha value is -1.91. The SMILES string of the molecule is C[C@@H](NC(=O)C1CCN(Cc2c(F)cccc2Cl)CC1)c1ccc2c(c1)CCCC2.